The first-order chi connectivity index (χ1) is 6.90. The van der Waals surface area contributed by atoms with Gasteiger partial charge in [-0.25, -0.2) is 4.98 Å². The molecule has 1 fully saturated rings. The molecule has 0 radical (unpaired) electrons. The lowest BCUT2D eigenvalue weighted by Crippen LogP contribution is -2.01. The van der Waals surface area contributed by atoms with Crippen LogP contribution in [-0.4, -0.2) is 16.5 Å². The van der Waals surface area contributed by atoms with Crippen LogP contribution in [0.25, 0.3) is 0 Å². The molecule has 0 bridgehead atoms. The van der Waals surface area contributed by atoms with Gasteiger partial charge in [0.05, 0.1) is 0 Å². The van der Waals surface area contributed by atoms with E-state index in [1.54, 1.807) is 0 Å². The second-order valence-electron chi connectivity index (χ2n) is 4.17. The Bertz CT molecular complexity index is 274. The van der Waals surface area contributed by atoms with Crippen LogP contribution in [0, 0.1) is 0 Å². The van der Waals surface area contributed by atoms with Crippen molar-refractivity contribution in [1.29, 1.82) is 0 Å². The van der Waals surface area contributed by atoms with Crippen LogP contribution in [0.3, 0.4) is 0 Å². The van der Waals surface area contributed by atoms with E-state index in [1.807, 2.05) is 6.20 Å². The highest BCUT2D eigenvalue weighted by atomic mass is 14.9. The topological polar surface area (TPSA) is 54.7 Å². The number of hydrogen-bond acceptors (Lipinski definition) is 2. The fourth-order valence-corrected chi connectivity index (χ4v) is 2.20. The van der Waals surface area contributed by atoms with Crippen LogP contribution in [0.5, 0.6) is 0 Å². The van der Waals surface area contributed by atoms with Gasteiger partial charge >= 0.3 is 0 Å². The van der Waals surface area contributed by atoms with Crippen LogP contribution in [0.4, 0.5) is 0 Å². The molecule has 1 aliphatic carbocycles. The molecular formula is C11H19N3. The van der Waals surface area contributed by atoms with Crippen molar-refractivity contribution in [1.82, 2.24) is 9.97 Å². The summed E-state index contributed by atoms with van der Waals surface area (Å²) >= 11 is 0. The quantitative estimate of drug-likeness (QED) is 0.768. The van der Waals surface area contributed by atoms with Gasteiger partial charge in [0.2, 0.25) is 0 Å². The fourth-order valence-electron chi connectivity index (χ4n) is 2.20. The van der Waals surface area contributed by atoms with Gasteiger partial charge in [-0.3, -0.25) is 0 Å². The van der Waals surface area contributed by atoms with Crippen molar-refractivity contribution in [3.05, 3.63) is 17.7 Å². The highest BCUT2D eigenvalue weighted by Crippen LogP contribution is 2.32. The molecule has 3 heteroatoms. The third-order valence-corrected chi connectivity index (χ3v) is 3.04. The molecule has 0 aromatic carbocycles. The molecule has 0 atom stereocenters. The number of aromatic nitrogens is 2. The largest absolute Gasteiger partial charge is 0.346 e. The first-order valence-electron chi connectivity index (χ1n) is 5.64. The van der Waals surface area contributed by atoms with Gasteiger partial charge in [0, 0.05) is 17.8 Å². The van der Waals surface area contributed by atoms with Gasteiger partial charge in [-0.15, -0.1) is 0 Å². The van der Waals surface area contributed by atoms with Gasteiger partial charge in [-0.1, -0.05) is 12.8 Å². The molecule has 1 aliphatic rings. The zero-order valence-electron chi connectivity index (χ0n) is 8.63. The molecule has 0 aliphatic heterocycles. The van der Waals surface area contributed by atoms with E-state index in [9.17, 15) is 0 Å². The van der Waals surface area contributed by atoms with E-state index in [-0.39, 0.29) is 0 Å². The maximum Gasteiger partial charge on any atom is 0.109 e. The molecule has 0 saturated heterocycles. The number of nitrogens with two attached hydrogens (primary N) is 1. The Morgan fingerprint density at radius 3 is 2.93 bits per heavy atom. The molecular weight excluding hydrogens is 174 g/mol. The van der Waals surface area contributed by atoms with Crippen LogP contribution >= 0.6 is 0 Å². The Labute approximate surface area is 85.1 Å². The number of nitrogens with one attached hydrogen (secondary N) is 1. The lowest BCUT2D eigenvalue weighted by atomic mass is 10.1. The zero-order chi connectivity index (χ0) is 9.80. The summed E-state index contributed by atoms with van der Waals surface area (Å²) in [7, 11) is 0. The Kier molecular flexibility index (Phi) is 3.19. The van der Waals surface area contributed by atoms with E-state index >= 15 is 0 Å². The number of aryl methyl sites for hydroxylation is 1. The van der Waals surface area contributed by atoms with E-state index in [2.05, 4.69) is 9.97 Å². The molecule has 78 valence electrons. The highest BCUT2D eigenvalue weighted by molar-refractivity contribution is 5.06. The van der Waals surface area contributed by atoms with Crippen molar-refractivity contribution < 1.29 is 0 Å². The van der Waals surface area contributed by atoms with Crippen molar-refractivity contribution in [3.63, 3.8) is 0 Å². The molecule has 1 aromatic rings. The zero-order valence-corrected chi connectivity index (χ0v) is 8.63. The Balaban J connectivity index is 1.94. The van der Waals surface area contributed by atoms with Gasteiger partial charge in [0.15, 0.2) is 0 Å². The third kappa shape index (κ3) is 2.15. The van der Waals surface area contributed by atoms with E-state index in [0.717, 1.165) is 19.4 Å². The van der Waals surface area contributed by atoms with Crippen molar-refractivity contribution in [2.24, 2.45) is 5.73 Å². The van der Waals surface area contributed by atoms with E-state index in [1.165, 1.54) is 37.2 Å². The van der Waals surface area contributed by atoms with Crippen molar-refractivity contribution >= 4 is 0 Å². The first kappa shape index (κ1) is 9.71. The molecule has 1 heterocycles. The van der Waals surface area contributed by atoms with Crippen LogP contribution in [0.1, 0.15) is 49.5 Å². The summed E-state index contributed by atoms with van der Waals surface area (Å²) in [6.45, 7) is 0.762. The van der Waals surface area contributed by atoms with Crippen LogP contribution in [-0.2, 0) is 6.42 Å². The molecule has 0 unspecified atom stereocenters. The van der Waals surface area contributed by atoms with Crippen LogP contribution in [0.2, 0.25) is 0 Å². The smallest absolute Gasteiger partial charge is 0.109 e. The van der Waals surface area contributed by atoms with Crippen LogP contribution in [0.15, 0.2) is 6.20 Å². The Morgan fingerprint density at radius 1 is 1.43 bits per heavy atom. The SMILES string of the molecule is NCCCc1cnc(C2CCCC2)[nH]1. The summed E-state index contributed by atoms with van der Waals surface area (Å²) in [5, 5.41) is 0. The Hall–Kier alpha value is -0.830. The normalized spacial score (nSPS) is 17.8. The maximum atomic E-state index is 5.47. The predicted molar refractivity (Wildman–Crippen MR) is 57.2 cm³/mol. The van der Waals surface area contributed by atoms with E-state index in [4.69, 9.17) is 5.73 Å². The van der Waals surface area contributed by atoms with Crippen molar-refractivity contribution in [3.8, 4) is 0 Å². The monoisotopic (exact) mass is 193 g/mol. The maximum absolute atomic E-state index is 5.47. The molecule has 0 spiro atoms. The summed E-state index contributed by atoms with van der Waals surface area (Å²) in [5.41, 5.74) is 6.72. The second-order valence-corrected chi connectivity index (χ2v) is 4.17. The van der Waals surface area contributed by atoms with Gasteiger partial charge in [0.25, 0.3) is 0 Å². The second kappa shape index (κ2) is 4.60. The van der Waals surface area contributed by atoms with E-state index < -0.39 is 0 Å². The number of hydrogen-bond donors (Lipinski definition) is 2. The lowest BCUT2D eigenvalue weighted by Gasteiger charge is -2.03. The number of nitrogens with zero attached hydrogens (tertiary/aromatic N) is 1. The average molecular weight is 193 g/mol. The fraction of sp³-hybridized carbons (Fsp3) is 0.727. The lowest BCUT2D eigenvalue weighted by molar-refractivity contribution is 0.674. The molecule has 0 amide bonds. The number of imidazole rings is 1. The molecule has 14 heavy (non-hydrogen) atoms. The van der Waals surface area contributed by atoms with Gasteiger partial charge < -0.3 is 10.7 Å². The Morgan fingerprint density at radius 2 is 2.21 bits per heavy atom. The summed E-state index contributed by atoms with van der Waals surface area (Å²) in [5.74, 6) is 1.90. The molecule has 1 saturated carbocycles. The van der Waals surface area contributed by atoms with Crippen molar-refractivity contribution in [2.75, 3.05) is 6.54 Å². The summed E-state index contributed by atoms with van der Waals surface area (Å²) in [6, 6.07) is 0. The standard InChI is InChI=1S/C11H19N3/c12-7-3-6-10-8-13-11(14-10)9-4-1-2-5-9/h8-9H,1-7,12H2,(H,13,14). The predicted octanol–water partition coefficient (Wildman–Crippen LogP) is 1.96. The van der Waals surface area contributed by atoms with Crippen molar-refractivity contribution in [2.45, 2.75) is 44.4 Å². The summed E-state index contributed by atoms with van der Waals surface area (Å²) in [6.07, 6.45) is 9.41. The third-order valence-electron chi connectivity index (χ3n) is 3.04. The van der Waals surface area contributed by atoms with Gasteiger partial charge in [-0.2, -0.15) is 0 Å². The molecule has 1 aromatic heterocycles. The average Bonchev–Trinajstić information content (AvgIpc) is 2.85. The minimum Gasteiger partial charge on any atom is -0.346 e. The van der Waals surface area contributed by atoms with Gasteiger partial charge in [0.1, 0.15) is 5.82 Å². The number of aromatic amines is 1. The first-order valence-corrected chi connectivity index (χ1v) is 5.64. The molecule has 2 rings (SSSR count). The van der Waals surface area contributed by atoms with E-state index in [0.29, 0.717) is 5.92 Å². The van der Waals surface area contributed by atoms with Crippen LogP contribution < -0.4 is 5.73 Å². The highest BCUT2D eigenvalue weighted by Gasteiger charge is 2.19. The molecule has 3 nitrogen and oxygen atoms in total. The number of H-pyrrole nitrogens is 1. The number of rotatable bonds is 4. The minimum absolute atomic E-state index is 0.696. The molecule has 3 N–H and O–H groups in total. The minimum atomic E-state index is 0.696. The summed E-state index contributed by atoms with van der Waals surface area (Å²) in [4.78, 5) is 7.88. The summed E-state index contributed by atoms with van der Waals surface area (Å²) < 4.78 is 0. The van der Waals surface area contributed by atoms with Gasteiger partial charge in [-0.05, 0) is 32.2 Å².